The summed E-state index contributed by atoms with van der Waals surface area (Å²) in [6.45, 7) is 4.65. The maximum Gasteiger partial charge on any atom is 0.0879 e. The third-order valence-corrected chi connectivity index (χ3v) is 3.95. The van der Waals surface area contributed by atoms with Crippen molar-refractivity contribution in [2.75, 3.05) is 31.5 Å². The van der Waals surface area contributed by atoms with Crippen LogP contribution in [0.5, 0.6) is 0 Å². The van der Waals surface area contributed by atoms with E-state index in [9.17, 15) is 0 Å². The highest BCUT2D eigenvalue weighted by atomic mass is 35.5. The Labute approximate surface area is 142 Å². The second kappa shape index (κ2) is 8.11. The predicted molar refractivity (Wildman–Crippen MR) is 98.8 cm³/mol. The number of aliphatic imine (C=N–C) groups is 1. The van der Waals surface area contributed by atoms with Crippen LogP contribution in [0.4, 0.5) is 17.1 Å². The highest BCUT2D eigenvalue weighted by molar-refractivity contribution is 6.31. The second-order valence-electron chi connectivity index (χ2n) is 5.49. The van der Waals surface area contributed by atoms with Crippen LogP contribution in [0.25, 0.3) is 0 Å². The summed E-state index contributed by atoms with van der Waals surface area (Å²) in [6.07, 6.45) is 3.13. The van der Waals surface area contributed by atoms with E-state index in [1.165, 1.54) is 19.5 Å². The van der Waals surface area contributed by atoms with Crippen molar-refractivity contribution < 1.29 is 0 Å². The minimum Gasteiger partial charge on any atom is -0.353 e. The van der Waals surface area contributed by atoms with Crippen molar-refractivity contribution in [1.29, 1.82) is 0 Å². The van der Waals surface area contributed by atoms with Crippen molar-refractivity contribution >= 4 is 34.9 Å². The first-order chi connectivity index (χ1) is 11.3. The summed E-state index contributed by atoms with van der Waals surface area (Å²) >= 11 is 5.94. The summed E-state index contributed by atoms with van der Waals surface area (Å²) in [5, 5.41) is 10.6. The third-order valence-electron chi connectivity index (χ3n) is 3.72. The van der Waals surface area contributed by atoms with Crippen LogP contribution in [-0.2, 0) is 0 Å². The fourth-order valence-electron chi connectivity index (χ4n) is 2.49. The molecule has 0 atom stereocenters. The Morgan fingerprint density at radius 1 is 0.870 bits per heavy atom. The Morgan fingerprint density at radius 2 is 1.65 bits per heavy atom. The van der Waals surface area contributed by atoms with E-state index in [1.807, 2.05) is 48.7 Å². The maximum atomic E-state index is 5.94. The number of halogens is 1. The molecule has 2 aliphatic heterocycles. The van der Waals surface area contributed by atoms with Gasteiger partial charge in [-0.25, -0.2) is 0 Å². The molecule has 23 heavy (non-hydrogen) atoms. The van der Waals surface area contributed by atoms with Crippen LogP contribution >= 0.6 is 11.6 Å². The minimum atomic E-state index is 0.698. The van der Waals surface area contributed by atoms with E-state index in [2.05, 4.69) is 20.9 Å². The van der Waals surface area contributed by atoms with E-state index in [-0.39, 0.29) is 0 Å². The number of hydrogen-bond acceptors (Lipinski definition) is 4. The van der Waals surface area contributed by atoms with Crippen LogP contribution < -0.4 is 16.0 Å². The second-order valence-corrected chi connectivity index (χ2v) is 5.92. The van der Waals surface area contributed by atoms with Crippen LogP contribution in [0, 0.1) is 0 Å². The van der Waals surface area contributed by atoms with Gasteiger partial charge < -0.3 is 16.0 Å². The zero-order valence-corrected chi connectivity index (χ0v) is 13.7. The molecule has 4 nitrogen and oxygen atoms in total. The van der Waals surface area contributed by atoms with Gasteiger partial charge in [-0.1, -0.05) is 29.8 Å². The molecular weight excluding hydrogens is 308 g/mol. The van der Waals surface area contributed by atoms with Gasteiger partial charge in [-0.3, -0.25) is 4.99 Å². The standard InChI is InChI=1S/C13H9ClN2.C5H12N2/c14-10-5-6-12-13(7-10)15-8-9-3-1-2-4-11(9)16-12;1-2-6-4-5-7-3-1/h1-8,16H;6-7H,1-5H2. The lowest BCUT2D eigenvalue weighted by Gasteiger charge is -2.08. The molecule has 2 aromatic rings. The van der Waals surface area contributed by atoms with Gasteiger partial charge in [-0.2, -0.15) is 0 Å². The zero-order chi connectivity index (χ0) is 15.9. The molecule has 0 amide bonds. The molecule has 1 saturated heterocycles. The molecule has 4 rings (SSSR count). The predicted octanol–water partition coefficient (Wildman–Crippen LogP) is 3.72. The normalized spacial score (nSPS) is 15.9. The van der Waals surface area contributed by atoms with Crippen molar-refractivity contribution in [3.8, 4) is 0 Å². The molecule has 0 aliphatic carbocycles. The number of nitrogens with one attached hydrogen (secondary N) is 3. The van der Waals surface area contributed by atoms with Crippen molar-refractivity contribution in [2.24, 2.45) is 4.99 Å². The van der Waals surface area contributed by atoms with Crippen molar-refractivity contribution in [2.45, 2.75) is 6.42 Å². The summed E-state index contributed by atoms with van der Waals surface area (Å²) < 4.78 is 0. The Balaban J connectivity index is 0.000000188. The smallest absolute Gasteiger partial charge is 0.0879 e. The van der Waals surface area contributed by atoms with E-state index in [4.69, 9.17) is 11.6 Å². The van der Waals surface area contributed by atoms with Gasteiger partial charge in [0.25, 0.3) is 0 Å². The van der Waals surface area contributed by atoms with E-state index < -0.39 is 0 Å². The van der Waals surface area contributed by atoms with Gasteiger partial charge >= 0.3 is 0 Å². The van der Waals surface area contributed by atoms with Gasteiger partial charge in [-0.05, 0) is 43.8 Å². The summed E-state index contributed by atoms with van der Waals surface area (Å²) in [4.78, 5) is 4.42. The number of rotatable bonds is 0. The molecule has 2 aliphatic rings. The molecule has 0 radical (unpaired) electrons. The number of nitrogens with zero attached hydrogens (tertiary/aromatic N) is 1. The highest BCUT2D eigenvalue weighted by Crippen LogP contribution is 2.33. The maximum absolute atomic E-state index is 5.94. The summed E-state index contributed by atoms with van der Waals surface area (Å²) in [7, 11) is 0. The molecule has 5 heteroatoms. The Kier molecular flexibility index (Phi) is 5.64. The van der Waals surface area contributed by atoms with Crippen LogP contribution in [0.1, 0.15) is 12.0 Å². The monoisotopic (exact) mass is 328 g/mol. The van der Waals surface area contributed by atoms with Crippen molar-refractivity contribution in [3.63, 3.8) is 0 Å². The molecule has 3 N–H and O–H groups in total. The van der Waals surface area contributed by atoms with Crippen molar-refractivity contribution in [1.82, 2.24) is 10.6 Å². The number of hydrogen-bond donors (Lipinski definition) is 3. The van der Waals surface area contributed by atoms with Crippen LogP contribution in [-0.4, -0.2) is 32.4 Å². The molecule has 0 unspecified atom stereocenters. The first-order valence-corrected chi connectivity index (χ1v) is 8.32. The van der Waals surface area contributed by atoms with Gasteiger partial charge in [0, 0.05) is 35.6 Å². The van der Waals surface area contributed by atoms with Gasteiger partial charge in [0.2, 0.25) is 0 Å². The Morgan fingerprint density at radius 3 is 2.48 bits per heavy atom. The minimum absolute atomic E-state index is 0.698. The van der Waals surface area contributed by atoms with E-state index >= 15 is 0 Å². The Bertz CT molecular complexity index is 665. The van der Waals surface area contributed by atoms with Crippen LogP contribution in [0.2, 0.25) is 5.02 Å². The molecule has 1 fully saturated rings. The fourth-order valence-corrected chi connectivity index (χ4v) is 2.66. The first-order valence-electron chi connectivity index (χ1n) is 7.94. The van der Waals surface area contributed by atoms with Gasteiger partial charge in [0.15, 0.2) is 0 Å². The van der Waals surface area contributed by atoms with Crippen LogP contribution in [0.3, 0.4) is 0 Å². The number of anilines is 2. The Hall–Kier alpha value is -1.88. The number of fused-ring (bicyclic) bond motifs is 2. The van der Waals surface area contributed by atoms with Gasteiger partial charge in [-0.15, -0.1) is 0 Å². The molecule has 120 valence electrons. The number of para-hydroxylation sites is 1. The van der Waals surface area contributed by atoms with Gasteiger partial charge in [0.1, 0.15) is 0 Å². The topological polar surface area (TPSA) is 48.5 Å². The summed E-state index contributed by atoms with van der Waals surface area (Å²) in [5.41, 5.74) is 3.98. The molecule has 0 saturated carbocycles. The lowest BCUT2D eigenvalue weighted by molar-refractivity contribution is 0.718. The molecular formula is C18H21ClN4. The lowest BCUT2D eigenvalue weighted by Crippen LogP contribution is -2.21. The largest absolute Gasteiger partial charge is 0.353 e. The average Bonchev–Trinajstić information content (AvgIpc) is 2.97. The van der Waals surface area contributed by atoms with E-state index in [1.54, 1.807) is 0 Å². The molecule has 0 bridgehead atoms. The molecule has 2 aromatic carbocycles. The summed E-state index contributed by atoms with van der Waals surface area (Å²) in [6, 6.07) is 13.7. The molecule has 0 spiro atoms. The first kappa shape index (κ1) is 16.0. The van der Waals surface area contributed by atoms with E-state index in [0.717, 1.165) is 35.7 Å². The van der Waals surface area contributed by atoms with E-state index in [0.29, 0.717) is 5.02 Å². The lowest BCUT2D eigenvalue weighted by atomic mass is 10.2. The van der Waals surface area contributed by atoms with Crippen molar-refractivity contribution in [3.05, 3.63) is 53.1 Å². The number of benzene rings is 2. The average molecular weight is 329 g/mol. The van der Waals surface area contributed by atoms with Crippen LogP contribution in [0.15, 0.2) is 47.5 Å². The fraction of sp³-hybridized carbons (Fsp3) is 0.278. The molecule has 2 heterocycles. The quantitative estimate of drug-likeness (QED) is 0.589. The zero-order valence-electron chi connectivity index (χ0n) is 13.0. The SMILES string of the molecule is C1CNCCNC1.Clc1ccc2c(c1)N=Cc1ccccc1N2. The molecule has 0 aromatic heterocycles. The highest BCUT2D eigenvalue weighted by Gasteiger charge is 2.08. The van der Waals surface area contributed by atoms with Gasteiger partial charge in [0.05, 0.1) is 11.4 Å². The summed E-state index contributed by atoms with van der Waals surface area (Å²) in [5.74, 6) is 0. The third kappa shape index (κ3) is 4.55.